The quantitative estimate of drug-likeness (QED) is 0.657. The van der Waals surface area contributed by atoms with Gasteiger partial charge in [0.15, 0.2) is 0 Å². The van der Waals surface area contributed by atoms with E-state index in [0.717, 1.165) is 12.8 Å². The van der Waals surface area contributed by atoms with Gasteiger partial charge in [0.1, 0.15) is 0 Å². The number of carbonyl (C=O) groups is 2. The van der Waals surface area contributed by atoms with Gasteiger partial charge in [0, 0.05) is 12.1 Å². The van der Waals surface area contributed by atoms with Crippen LogP contribution >= 0.6 is 0 Å². The first kappa shape index (κ1) is 18.9. The molecule has 0 spiro atoms. The zero-order chi connectivity index (χ0) is 15.7. The maximum atomic E-state index is 12.0. The van der Waals surface area contributed by atoms with E-state index in [1.807, 2.05) is 20.8 Å². The first-order chi connectivity index (χ1) is 9.26. The number of nitrogens with zero attached hydrogens (tertiary/aromatic N) is 1. The molecule has 1 atom stereocenters. The highest BCUT2D eigenvalue weighted by Gasteiger charge is 2.18. The number of nitrogens with one attached hydrogen (secondary N) is 1. The Hall–Kier alpha value is -1.10. The summed E-state index contributed by atoms with van der Waals surface area (Å²) in [4.78, 5) is 25.1. The largest absolute Gasteiger partial charge is 0.468 e. The lowest BCUT2D eigenvalue weighted by Crippen LogP contribution is -2.45. The van der Waals surface area contributed by atoms with Gasteiger partial charge >= 0.3 is 5.97 Å². The van der Waals surface area contributed by atoms with Gasteiger partial charge in [0.2, 0.25) is 5.91 Å². The van der Waals surface area contributed by atoms with Crippen LogP contribution in [0.4, 0.5) is 0 Å². The van der Waals surface area contributed by atoms with Crippen molar-refractivity contribution >= 4 is 11.9 Å². The summed E-state index contributed by atoms with van der Waals surface area (Å²) in [5, 5.41) is 2.98. The third kappa shape index (κ3) is 8.91. The second kappa shape index (κ2) is 9.75. The van der Waals surface area contributed by atoms with Crippen molar-refractivity contribution in [2.75, 3.05) is 20.2 Å². The van der Waals surface area contributed by atoms with Gasteiger partial charge in [-0.2, -0.15) is 0 Å². The molecule has 1 unspecified atom stereocenters. The Balaban J connectivity index is 4.22. The van der Waals surface area contributed by atoms with Gasteiger partial charge in [-0.05, 0) is 39.5 Å². The molecule has 0 aromatic carbocycles. The van der Waals surface area contributed by atoms with Crippen molar-refractivity contribution in [2.24, 2.45) is 5.92 Å². The summed E-state index contributed by atoms with van der Waals surface area (Å²) in [5.41, 5.74) is 0. The van der Waals surface area contributed by atoms with Gasteiger partial charge in [0.25, 0.3) is 0 Å². The molecule has 1 N–H and O–H groups in total. The molecule has 0 aromatic rings. The number of esters is 1. The van der Waals surface area contributed by atoms with E-state index in [1.165, 1.54) is 7.11 Å². The molecule has 0 fully saturated rings. The Labute approximate surface area is 123 Å². The predicted octanol–water partition coefficient (Wildman–Crippen LogP) is 1.81. The van der Waals surface area contributed by atoms with Crippen LogP contribution in [0.2, 0.25) is 0 Å². The number of hydrogen-bond acceptors (Lipinski definition) is 4. The number of hydrogen-bond donors (Lipinski definition) is 1. The van der Waals surface area contributed by atoms with Crippen LogP contribution in [-0.2, 0) is 14.3 Å². The van der Waals surface area contributed by atoms with E-state index in [-0.39, 0.29) is 37.0 Å². The fourth-order valence-corrected chi connectivity index (χ4v) is 1.81. The molecule has 0 bridgehead atoms. The summed E-state index contributed by atoms with van der Waals surface area (Å²) in [6, 6.07) is 0.280. The van der Waals surface area contributed by atoms with Gasteiger partial charge in [-0.1, -0.05) is 13.8 Å². The third-order valence-electron chi connectivity index (χ3n) is 3.22. The highest BCUT2D eigenvalue weighted by atomic mass is 16.5. The second-order valence-corrected chi connectivity index (χ2v) is 6.01. The van der Waals surface area contributed by atoms with E-state index >= 15 is 0 Å². The Bertz CT molecular complexity index is 303. The molecule has 0 saturated heterocycles. The van der Waals surface area contributed by atoms with Crippen molar-refractivity contribution in [1.29, 1.82) is 0 Å². The molecule has 0 aliphatic heterocycles. The summed E-state index contributed by atoms with van der Waals surface area (Å²) in [6.07, 6.45) is 2.07. The van der Waals surface area contributed by atoms with Crippen LogP contribution in [0.25, 0.3) is 0 Å². The minimum atomic E-state index is -0.320. The van der Waals surface area contributed by atoms with Crippen LogP contribution in [-0.4, -0.2) is 49.1 Å². The number of methoxy groups -OCH3 is 1. The lowest BCUT2D eigenvalue weighted by atomic mass is 10.0. The molecule has 0 aliphatic rings. The summed E-state index contributed by atoms with van der Waals surface area (Å²) >= 11 is 0. The third-order valence-corrected chi connectivity index (χ3v) is 3.22. The van der Waals surface area contributed by atoms with E-state index in [9.17, 15) is 9.59 Å². The fraction of sp³-hybridized carbons (Fsp3) is 0.867. The highest BCUT2D eigenvalue weighted by molar-refractivity contribution is 5.79. The normalized spacial score (nSPS) is 12.8. The van der Waals surface area contributed by atoms with Gasteiger partial charge in [-0.3, -0.25) is 14.5 Å². The number of carbonyl (C=O) groups excluding carboxylic acids is 2. The molecule has 0 heterocycles. The van der Waals surface area contributed by atoms with Crippen molar-refractivity contribution in [3.05, 3.63) is 0 Å². The van der Waals surface area contributed by atoms with E-state index in [1.54, 1.807) is 4.90 Å². The molecular weight excluding hydrogens is 256 g/mol. The molecular formula is C15H30N2O3. The van der Waals surface area contributed by atoms with Crippen LogP contribution in [0.3, 0.4) is 0 Å². The topological polar surface area (TPSA) is 58.6 Å². The highest BCUT2D eigenvalue weighted by Crippen LogP contribution is 2.06. The van der Waals surface area contributed by atoms with E-state index in [0.29, 0.717) is 5.92 Å². The molecule has 5 heteroatoms. The molecule has 0 aromatic heterocycles. The lowest BCUT2D eigenvalue weighted by molar-refractivity contribution is -0.142. The minimum absolute atomic E-state index is 0.0427. The van der Waals surface area contributed by atoms with Crippen molar-refractivity contribution in [1.82, 2.24) is 10.2 Å². The lowest BCUT2D eigenvalue weighted by Gasteiger charge is -2.25. The number of amides is 1. The zero-order valence-electron chi connectivity index (χ0n) is 13.7. The average molecular weight is 286 g/mol. The molecule has 5 nitrogen and oxygen atoms in total. The minimum Gasteiger partial charge on any atom is -0.468 e. The van der Waals surface area contributed by atoms with E-state index in [2.05, 4.69) is 23.9 Å². The Kier molecular flexibility index (Phi) is 9.21. The maximum absolute atomic E-state index is 12.0. The van der Waals surface area contributed by atoms with Gasteiger partial charge in [-0.15, -0.1) is 0 Å². The van der Waals surface area contributed by atoms with Crippen LogP contribution in [0, 0.1) is 5.92 Å². The molecule has 0 rings (SSSR count). The van der Waals surface area contributed by atoms with Crippen LogP contribution in [0.15, 0.2) is 0 Å². The van der Waals surface area contributed by atoms with Crippen LogP contribution in [0.5, 0.6) is 0 Å². The zero-order valence-corrected chi connectivity index (χ0v) is 13.7. The molecule has 0 radical (unpaired) electrons. The van der Waals surface area contributed by atoms with E-state index < -0.39 is 0 Å². The van der Waals surface area contributed by atoms with Gasteiger partial charge in [0.05, 0.1) is 20.2 Å². The monoisotopic (exact) mass is 286 g/mol. The number of ether oxygens (including phenoxy) is 1. The first-order valence-corrected chi connectivity index (χ1v) is 7.36. The Morgan fingerprint density at radius 2 is 1.65 bits per heavy atom. The average Bonchev–Trinajstić information content (AvgIpc) is 2.35. The summed E-state index contributed by atoms with van der Waals surface area (Å²) < 4.78 is 4.65. The first-order valence-electron chi connectivity index (χ1n) is 7.36. The molecule has 0 aliphatic carbocycles. The summed E-state index contributed by atoms with van der Waals surface area (Å²) in [5.74, 6) is 0.277. The molecule has 20 heavy (non-hydrogen) atoms. The Morgan fingerprint density at radius 1 is 1.05 bits per heavy atom. The standard InChI is InChI=1S/C15H30N2O3/c1-11(2)7-8-13(5)16-14(18)9-17(12(3)4)10-15(19)20-6/h11-13H,7-10H2,1-6H3,(H,16,18). The van der Waals surface area contributed by atoms with E-state index in [4.69, 9.17) is 0 Å². The Morgan fingerprint density at radius 3 is 2.10 bits per heavy atom. The summed E-state index contributed by atoms with van der Waals surface area (Å²) in [6.45, 7) is 10.6. The SMILES string of the molecule is COC(=O)CN(CC(=O)NC(C)CCC(C)C)C(C)C. The molecule has 118 valence electrons. The van der Waals surface area contributed by atoms with Gasteiger partial charge < -0.3 is 10.1 Å². The maximum Gasteiger partial charge on any atom is 0.319 e. The van der Waals surface area contributed by atoms with Crippen molar-refractivity contribution in [2.45, 2.75) is 59.5 Å². The van der Waals surface area contributed by atoms with Gasteiger partial charge in [-0.25, -0.2) is 0 Å². The number of rotatable bonds is 9. The smallest absolute Gasteiger partial charge is 0.319 e. The van der Waals surface area contributed by atoms with Crippen LogP contribution in [0.1, 0.15) is 47.5 Å². The van der Waals surface area contributed by atoms with Crippen LogP contribution < -0.4 is 5.32 Å². The molecule has 1 amide bonds. The second-order valence-electron chi connectivity index (χ2n) is 6.01. The fourth-order valence-electron chi connectivity index (χ4n) is 1.81. The predicted molar refractivity (Wildman–Crippen MR) is 80.4 cm³/mol. The van der Waals surface area contributed by atoms with Crippen molar-refractivity contribution in [3.63, 3.8) is 0 Å². The summed E-state index contributed by atoms with van der Waals surface area (Å²) in [7, 11) is 1.36. The van der Waals surface area contributed by atoms with Crippen molar-refractivity contribution < 1.29 is 14.3 Å². The molecule has 0 saturated carbocycles. The van der Waals surface area contributed by atoms with Crippen molar-refractivity contribution in [3.8, 4) is 0 Å².